The number of amides is 2. The Morgan fingerprint density at radius 1 is 1.13 bits per heavy atom. The molecule has 9 nitrogen and oxygen atoms in total. The Morgan fingerprint density at radius 3 is 2.84 bits per heavy atom. The summed E-state index contributed by atoms with van der Waals surface area (Å²) >= 11 is 1.35. The van der Waals surface area contributed by atoms with E-state index in [-0.39, 0.29) is 11.8 Å². The van der Waals surface area contributed by atoms with Gasteiger partial charge in [0.05, 0.1) is 21.8 Å². The molecule has 4 aromatic heterocycles. The number of nitrogens with one attached hydrogen (secondary N) is 3. The molecule has 5 rings (SSSR count). The van der Waals surface area contributed by atoms with Gasteiger partial charge < -0.3 is 15.6 Å². The Kier molecular flexibility index (Phi) is 5.06. The van der Waals surface area contributed by atoms with E-state index in [1.165, 1.54) is 17.7 Å². The first-order chi connectivity index (χ1) is 15.1. The first-order valence-corrected chi connectivity index (χ1v) is 11.0. The maximum Gasteiger partial charge on any atom is 0.280 e. The fraction of sp³-hybridized carbons (Fsp3) is 0.333. The molecule has 1 aliphatic carbocycles. The Bertz CT molecular complexity index is 1230. The minimum Gasteiger partial charge on any atom is -0.348 e. The molecular weight excluding hydrogens is 414 g/mol. The SMILES string of the molecule is O=C(NC1(CNC(=O)c2ncnc3[nH]ccc23)CCCCC1)c1nc2cnccc2s1. The lowest BCUT2D eigenvalue weighted by molar-refractivity contribution is 0.0832. The summed E-state index contributed by atoms with van der Waals surface area (Å²) in [4.78, 5) is 45.6. The number of hydrogen-bond acceptors (Lipinski definition) is 7. The number of nitrogens with zero attached hydrogens (tertiary/aromatic N) is 4. The van der Waals surface area contributed by atoms with E-state index in [0.717, 1.165) is 36.8 Å². The third-order valence-corrected chi connectivity index (χ3v) is 6.77. The lowest BCUT2D eigenvalue weighted by Crippen LogP contribution is -2.56. The van der Waals surface area contributed by atoms with Crippen LogP contribution < -0.4 is 10.6 Å². The summed E-state index contributed by atoms with van der Waals surface area (Å²) in [5.74, 6) is -0.496. The standard InChI is InChI=1S/C21H21N7O2S/c29-18(16-13-4-9-23-17(13)26-12-25-16)24-11-21(6-2-1-3-7-21)28-19(30)20-27-14-10-22-8-5-15(14)31-20/h4-5,8-10,12H,1-3,6-7,11H2,(H,24,29)(H,28,30)(H,23,25,26). The van der Waals surface area contributed by atoms with E-state index in [1.54, 1.807) is 24.7 Å². The number of H-pyrrole nitrogens is 1. The van der Waals surface area contributed by atoms with Gasteiger partial charge in [0, 0.05) is 18.9 Å². The third kappa shape index (κ3) is 3.86. The van der Waals surface area contributed by atoms with Crippen molar-refractivity contribution in [3.63, 3.8) is 0 Å². The average molecular weight is 436 g/mol. The van der Waals surface area contributed by atoms with Gasteiger partial charge >= 0.3 is 0 Å². The second-order valence-corrected chi connectivity index (χ2v) is 8.83. The van der Waals surface area contributed by atoms with E-state index >= 15 is 0 Å². The zero-order valence-corrected chi connectivity index (χ0v) is 17.5. The van der Waals surface area contributed by atoms with E-state index in [2.05, 4.69) is 35.6 Å². The van der Waals surface area contributed by atoms with Gasteiger partial charge in [-0.15, -0.1) is 11.3 Å². The topological polar surface area (TPSA) is 126 Å². The van der Waals surface area contributed by atoms with Crippen LogP contribution in [0.1, 0.15) is 52.4 Å². The second kappa shape index (κ2) is 8.03. The maximum atomic E-state index is 13.0. The molecule has 0 atom stereocenters. The van der Waals surface area contributed by atoms with Crippen LogP contribution in [0.4, 0.5) is 0 Å². The van der Waals surface area contributed by atoms with Crippen LogP contribution in [0.2, 0.25) is 0 Å². The van der Waals surface area contributed by atoms with Crippen LogP contribution in [-0.4, -0.2) is 48.8 Å². The summed E-state index contributed by atoms with van der Waals surface area (Å²) in [6.07, 6.45) is 11.2. The Hall–Kier alpha value is -3.40. The summed E-state index contributed by atoms with van der Waals surface area (Å²) in [5, 5.41) is 7.25. The summed E-state index contributed by atoms with van der Waals surface area (Å²) in [5.41, 5.74) is 1.14. The van der Waals surface area contributed by atoms with Gasteiger partial charge in [-0.25, -0.2) is 15.0 Å². The van der Waals surface area contributed by atoms with Gasteiger partial charge in [-0.3, -0.25) is 14.6 Å². The lowest BCUT2D eigenvalue weighted by atomic mass is 9.81. The monoisotopic (exact) mass is 435 g/mol. The van der Waals surface area contributed by atoms with Gasteiger partial charge in [-0.05, 0) is 25.0 Å². The number of fused-ring (bicyclic) bond motifs is 2. The molecule has 10 heteroatoms. The van der Waals surface area contributed by atoms with Crippen molar-refractivity contribution in [2.75, 3.05) is 6.54 Å². The Labute approximate surface area is 181 Å². The molecule has 3 N–H and O–H groups in total. The van der Waals surface area contributed by atoms with Crippen LogP contribution in [0.5, 0.6) is 0 Å². The molecule has 0 spiro atoms. The molecule has 31 heavy (non-hydrogen) atoms. The van der Waals surface area contributed by atoms with Crippen molar-refractivity contribution in [3.05, 3.63) is 47.8 Å². The highest BCUT2D eigenvalue weighted by atomic mass is 32.1. The minimum absolute atomic E-state index is 0.215. The van der Waals surface area contributed by atoms with Gasteiger partial charge in [0.1, 0.15) is 23.2 Å². The highest BCUT2D eigenvalue weighted by Gasteiger charge is 2.35. The smallest absolute Gasteiger partial charge is 0.280 e. The number of aromatic amines is 1. The van der Waals surface area contributed by atoms with Crippen molar-refractivity contribution < 1.29 is 9.59 Å². The first kappa shape index (κ1) is 19.6. The summed E-state index contributed by atoms with van der Waals surface area (Å²) in [6, 6.07) is 3.63. The van der Waals surface area contributed by atoms with Crippen molar-refractivity contribution in [3.8, 4) is 0 Å². The molecule has 0 saturated heterocycles. The summed E-state index contributed by atoms with van der Waals surface area (Å²) in [7, 11) is 0. The summed E-state index contributed by atoms with van der Waals surface area (Å²) in [6.45, 7) is 0.333. The van der Waals surface area contributed by atoms with Gasteiger partial charge in [0.2, 0.25) is 0 Å². The van der Waals surface area contributed by atoms with E-state index in [4.69, 9.17) is 0 Å². The third-order valence-electron chi connectivity index (χ3n) is 5.73. The quantitative estimate of drug-likeness (QED) is 0.443. The normalized spacial score (nSPS) is 15.7. The molecule has 1 fully saturated rings. The van der Waals surface area contributed by atoms with E-state index < -0.39 is 5.54 Å². The van der Waals surface area contributed by atoms with Crippen LogP contribution in [0.3, 0.4) is 0 Å². The van der Waals surface area contributed by atoms with Gasteiger partial charge in [0.15, 0.2) is 5.01 Å². The van der Waals surface area contributed by atoms with Crippen molar-refractivity contribution in [1.82, 2.24) is 35.6 Å². The summed E-state index contributed by atoms with van der Waals surface area (Å²) < 4.78 is 0.922. The molecule has 4 heterocycles. The largest absolute Gasteiger partial charge is 0.348 e. The zero-order valence-electron chi connectivity index (χ0n) is 16.7. The fourth-order valence-electron chi connectivity index (χ4n) is 4.13. The number of carbonyl (C=O) groups is 2. The molecule has 1 aliphatic rings. The predicted octanol–water partition coefficient (Wildman–Crippen LogP) is 2.83. The highest BCUT2D eigenvalue weighted by molar-refractivity contribution is 7.20. The van der Waals surface area contributed by atoms with E-state index in [0.29, 0.717) is 33.8 Å². The first-order valence-electron chi connectivity index (χ1n) is 10.2. The maximum absolute atomic E-state index is 13.0. The number of hydrogen-bond donors (Lipinski definition) is 3. The van der Waals surface area contributed by atoms with Gasteiger partial charge in [-0.1, -0.05) is 19.3 Å². The van der Waals surface area contributed by atoms with Crippen LogP contribution in [-0.2, 0) is 0 Å². The molecule has 0 radical (unpaired) electrons. The van der Waals surface area contributed by atoms with Gasteiger partial charge in [-0.2, -0.15) is 0 Å². The number of aromatic nitrogens is 5. The van der Waals surface area contributed by atoms with E-state index in [1.807, 2.05) is 6.07 Å². The van der Waals surface area contributed by atoms with Crippen LogP contribution in [0.15, 0.2) is 37.1 Å². The van der Waals surface area contributed by atoms with Crippen molar-refractivity contribution in [2.24, 2.45) is 0 Å². The van der Waals surface area contributed by atoms with Crippen LogP contribution in [0.25, 0.3) is 21.3 Å². The van der Waals surface area contributed by atoms with Gasteiger partial charge in [0.25, 0.3) is 11.8 Å². The van der Waals surface area contributed by atoms with Crippen LogP contribution >= 0.6 is 11.3 Å². The van der Waals surface area contributed by atoms with Crippen molar-refractivity contribution in [2.45, 2.75) is 37.6 Å². The highest BCUT2D eigenvalue weighted by Crippen LogP contribution is 2.29. The predicted molar refractivity (Wildman–Crippen MR) is 117 cm³/mol. The van der Waals surface area contributed by atoms with E-state index in [9.17, 15) is 9.59 Å². The second-order valence-electron chi connectivity index (χ2n) is 7.80. The number of carbonyl (C=O) groups excluding carboxylic acids is 2. The number of pyridine rings is 1. The molecule has 0 aliphatic heterocycles. The molecule has 2 amide bonds. The number of rotatable bonds is 5. The molecule has 0 bridgehead atoms. The lowest BCUT2D eigenvalue weighted by Gasteiger charge is -2.38. The molecular formula is C21H21N7O2S. The zero-order chi connectivity index (χ0) is 21.3. The molecule has 4 aromatic rings. The number of thiazole rings is 1. The Morgan fingerprint density at radius 2 is 2.00 bits per heavy atom. The van der Waals surface area contributed by atoms with Crippen LogP contribution in [0, 0.1) is 0 Å². The molecule has 0 unspecified atom stereocenters. The molecule has 1 saturated carbocycles. The average Bonchev–Trinajstić information content (AvgIpc) is 3.45. The van der Waals surface area contributed by atoms with Crippen molar-refractivity contribution >= 4 is 44.4 Å². The molecule has 0 aromatic carbocycles. The fourth-order valence-corrected chi connectivity index (χ4v) is 4.96. The van der Waals surface area contributed by atoms with Crippen molar-refractivity contribution in [1.29, 1.82) is 0 Å². The Balaban J connectivity index is 1.34. The minimum atomic E-state index is -0.509. The molecule has 158 valence electrons.